The summed E-state index contributed by atoms with van der Waals surface area (Å²) in [5.74, 6) is -0.970. The number of carbonyl (C=O) groups is 2. The highest BCUT2D eigenvalue weighted by Crippen LogP contribution is 2.23. The van der Waals surface area contributed by atoms with Gasteiger partial charge in [-0.2, -0.15) is 0 Å². The Morgan fingerprint density at radius 1 is 0.818 bits per heavy atom. The lowest BCUT2D eigenvalue weighted by Gasteiger charge is -2.12. The van der Waals surface area contributed by atoms with Gasteiger partial charge >= 0.3 is 0 Å². The molecule has 0 aliphatic heterocycles. The SMILES string of the molecule is O=C(Nc1ccc(Cl)cc1C(=O)Nc1ccc(-n2ccccc2=O)cc1)c1ccc(Cl)cn1. The van der Waals surface area contributed by atoms with Crippen LogP contribution in [0.4, 0.5) is 11.4 Å². The number of hydrogen-bond donors (Lipinski definition) is 2. The lowest BCUT2D eigenvalue weighted by molar-refractivity contribution is 0.102. The van der Waals surface area contributed by atoms with E-state index >= 15 is 0 Å². The van der Waals surface area contributed by atoms with Gasteiger partial charge in [-0.05, 0) is 60.7 Å². The quantitative estimate of drug-likeness (QED) is 0.419. The minimum atomic E-state index is -0.499. The molecule has 0 saturated heterocycles. The molecule has 2 amide bonds. The number of hydrogen-bond acceptors (Lipinski definition) is 4. The third-order valence-electron chi connectivity index (χ3n) is 4.66. The molecule has 4 aromatic rings. The molecule has 0 spiro atoms. The second-order valence-corrected chi connectivity index (χ2v) is 7.79. The van der Waals surface area contributed by atoms with Gasteiger partial charge in [0, 0.05) is 34.9 Å². The standard InChI is InChI=1S/C24H16Cl2N4O3/c25-15-4-10-20(29-24(33)21-11-5-16(26)14-27-21)19(13-15)23(32)28-17-6-8-18(9-7-17)30-12-2-1-3-22(30)31/h1-14H,(H,28,32)(H,29,33). The predicted octanol–water partition coefficient (Wildman–Crippen LogP) is 5.04. The van der Waals surface area contributed by atoms with Crippen LogP contribution in [0.25, 0.3) is 5.69 Å². The summed E-state index contributed by atoms with van der Waals surface area (Å²) >= 11 is 11.9. The first-order chi connectivity index (χ1) is 15.9. The molecule has 0 bridgehead atoms. The molecular formula is C24H16Cl2N4O3. The van der Waals surface area contributed by atoms with Gasteiger partial charge in [0.05, 0.1) is 16.3 Å². The molecule has 2 N–H and O–H groups in total. The van der Waals surface area contributed by atoms with E-state index in [1.807, 2.05) is 0 Å². The molecule has 0 radical (unpaired) electrons. The third-order valence-corrected chi connectivity index (χ3v) is 5.12. The summed E-state index contributed by atoms with van der Waals surface area (Å²) in [5, 5.41) is 6.18. The Hall–Kier alpha value is -3.94. The first-order valence-electron chi connectivity index (χ1n) is 9.72. The van der Waals surface area contributed by atoms with Crippen molar-refractivity contribution < 1.29 is 9.59 Å². The normalized spacial score (nSPS) is 10.5. The van der Waals surface area contributed by atoms with Gasteiger partial charge in [-0.15, -0.1) is 0 Å². The molecule has 0 saturated carbocycles. The van der Waals surface area contributed by atoms with E-state index in [1.165, 1.54) is 35.0 Å². The van der Waals surface area contributed by atoms with E-state index in [0.717, 1.165) is 0 Å². The van der Waals surface area contributed by atoms with E-state index in [4.69, 9.17) is 23.2 Å². The van der Waals surface area contributed by atoms with Crippen LogP contribution >= 0.6 is 23.2 Å². The first kappa shape index (κ1) is 22.3. The largest absolute Gasteiger partial charge is 0.322 e. The Kier molecular flexibility index (Phi) is 6.53. The van der Waals surface area contributed by atoms with Crippen molar-refractivity contribution in [3.63, 3.8) is 0 Å². The maximum atomic E-state index is 12.9. The lowest BCUT2D eigenvalue weighted by atomic mass is 10.1. The van der Waals surface area contributed by atoms with Crippen LogP contribution in [0.2, 0.25) is 10.0 Å². The fourth-order valence-electron chi connectivity index (χ4n) is 3.05. The van der Waals surface area contributed by atoms with Gasteiger partial charge in [0.15, 0.2) is 0 Å². The maximum Gasteiger partial charge on any atom is 0.274 e. The number of pyridine rings is 2. The molecule has 0 atom stereocenters. The number of carbonyl (C=O) groups excluding carboxylic acids is 2. The minimum absolute atomic E-state index is 0.146. The van der Waals surface area contributed by atoms with E-state index in [9.17, 15) is 14.4 Å². The highest BCUT2D eigenvalue weighted by Gasteiger charge is 2.16. The molecule has 0 fully saturated rings. The molecule has 2 heterocycles. The van der Waals surface area contributed by atoms with Gasteiger partial charge in [0.1, 0.15) is 5.69 Å². The van der Waals surface area contributed by atoms with Gasteiger partial charge < -0.3 is 10.6 Å². The van der Waals surface area contributed by atoms with Crippen molar-refractivity contribution in [2.75, 3.05) is 10.6 Å². The Balaban J connectivity index is 1.54. The minimum Gasteiger partial charge on any atom is -0.322 e. The fourth-order valence-corrected chi connectivity index (χ4v) is 3.34. The van der Waals surface area contributed by atoms with Crippen molar-refractivity contribution >= 4 is 46.4 Å². The molecule has 33 heavy (non-hydrogen) atoms. The zero-order valence-corrected chi connectivity index (χ0v) is 18.5. The van der Waals surface area contributed by atoms with Crippen molar-refractivity contribution in [1.29, 1.82) is 0 Å². The number of aromatic nitrogens is 2. The van der Waals surface area contributed by atoms with E-state index < -0.39 is 11.8 Å². The number of anilines is 2. The van der Waals surface area contributed by atoms with E-state index in [-0.39, 0.29) is 22.5 Å². The monoisotopic (exact) mass is 478 g/mol. The summed E-state index contributed by atoms with van der Waals surface area (Å²) < 4.78 is 1.49. The summed E-state index contributed by atoms with van der Waals surface area (Å²) in [6.07, 6.45) is 3.02. The number of nitrogens with one attached hydrogen (secondary N) is 2. The first-order valence-corrected chi connectivity index (χ1v) is 10.5. The van der Waals surface area contributed by atoms with Crippen LogP contribution in [0.15, 0.2) is 90.0 Å². The summed E-state index contributed by atoms with van der Waals surface area (Å²) in [6, 6.07) is 19.2. The molecule has 0 unspecified atom stereocenters. The maximum absolute atomic E-state index is 12.9. The third kappa shape index (κ3) is 5.28. The molecule has 164 valence electrons. The summed E-state index contributed by atoms with van der Waals surface area (Å²) in [7, 11) is 0. The molecule has 0 aliphatic rings. The zero-order valence-electron chi connectivity index (χ0n) is 17.0. The van der Waals surface area contributed by atoms with E-state index in [2.05, 4.69) is 15.6 Å². The zero-order chi connectivity index (χ0) is 23.4. The highest BCUT2D eigenvalue weighted by atomic mass is 35.5. The van der Waals surface area contributed by atoms with Crippen LogP contribution in [0.3, 0.4) is 0 Å². The van der Waals surface area contributed by atoms with Crippen LogP contribution in [0.1, 0.15) is 20.8 Å². The molecule has 2 aromatic carbocycles. The number of nitrogens with zero attached hydrogens (tertiary/aromatic N) is 2. The van der Waals surface area contributed by atoms with Crippen LogP contribution in [0.5, 0.6) is 0 Å². The second-order valence-electron chi connectivity index (χ2n) is 6.92. The Bertz CT molecular complexity index is 1380. The average Bonchev–Trinajstić information content (AvgIpc) is 2.81. The Labute approximate surface area is 198 Å². The number of benzene rings is 2. The lowest BCUT2D eigenvalue weighted by Crippen LogP contribution is -2.19. The number of amides is 2. The molecular weight excluding hydrogens is 463 g/mol. The second kappa shape index (κ2) is 9.68. The highest BCUT2D eigenvalue weighted by molar-refractivity contribution is 6.31. The van der Waals surface area contributed by atoms with Crippen molar-refractivity contribution in [2.45, 2.75) is 0 Å². The Morgan fingerprint density at radius 2 is 1.58 bits per heavy atom. The van der Waals surface area contributed by atoms with Crippen molar-refractivity contribution in [3.05, 3.63) is 117 Å². The molecule has 0 aliphatic carbocycles. The van der Waals surface area contributed by atoms with E-state index in [1.54, 1.807) is 54.7 Å². The summed E-state index contributed by atoms with van der Waals surface area (Å²) in [5.41, 5.74) is 1.59. The van der Waals surface area contributed by atoms with Crippen molar-refractivity contribution in [1.82, 2.24) is 9.55 Å². The van der Waals surface area contributed by atoms with Crippen molar-refractivity contribution in [2.24, 2.45) is 0 Å². The smallest absolute Gasteiger partial charge is 0.274 e. The number of halogens is 2. The molecule has 2 aromatic heterocycles. The van der Waals surface area contributed by atoms with Gasteiger partial charge in [0.2, 0.25) is 0 Å². The van der Waals surface area contributed by atoms with Crippen LogP contribution < -0.4 is 16.2 Å². The number of rotatable bonds is 5. The van der Waals surface area contributed by atoms with Gasteiger partial charge in [-0.25, -0.2) is 4.98 Å². The average molecular weight is 479 g/mol. The summed E-state index contributed by atoms with van der Waals surface area (Å²) in [4.78, 5) is 41.4. The molecule has 9 heteroatoms. The van der Waals surface area contributed by atoms with Crippen molar-refractivity contribution in [3.8, 4) is 5.69 Å². The van der Waals surface area contributed by atoms with Gasteiger partial charge in [0.25, 0.3) is 17.4 Å². The molecule has 4 rings (SSSR count). The Morgan fingerprint density at radius 3 is 2.27 bits per heavy atom. The topological polar surface area (TPSA) is 93.1 Å². The molecule has 7 nitrogen and oxygen atoms in total. The van der Waals surface area contributed by atoms with Gasteiger partial charge in [-0.3, -0.25) is 19.0 Å². The van der Waals surface area contributed by atoms with Crippen LogP contribution in [-0.4, -0.2) is 21.4 Å². The van der Waals surface area contributed by atoms with E-state index in [0.29, 0.717) is 21.4 Å². The fraction of sp³-hybridized carbons (Fsp3) is 0. The summed E-state index contributed by atoms with van der Waals surface area (Å²) in [6.45, 7) is 0. The van der Waals surface area contributed by atoms with Gasteiger partial charge in [-0.1, -0.05) is 29.3 Å². The van der Waals surface area contributed by atoms with Crippen LogP contribution in [-0.2, 0) is 0 Å². The van der Waals surface area contributed by atoms with Crippen LogP contribution in [0, 0.1) is 0 Å². The predicted molar refractivity (Wildman–Crippen MR) is 129 cm³/mol.